The number of benzene rings is 1. The monoisotopic (exact) mass is 396 g/mol. The fourth-order valence-corrected chi connectivity index (χ4v) is 4.97. The van der Waals surface area contributed by atoms with Crippen molar-refractivity contribution in [1.29, 1.82) is 0 Å². The van der Waals surface area contributed by atoms with Crippen LogP contribution in [0.1, 0.15) is 43.7 Å². The van der Waals surface area contributed by atoms with Crippen LogP contribution in [-0.4, -0.2) is 62.1 Å². The number of rotatable bonds is 8. The maximum absolute atomic E-state index is 12.9. The van der Waals surface area contributed by atoms with E-state index in [4.69, 9.17) is 4.74 Å². The summed E-state index contributed by atoms with van der Waals surface area (Å²) in [6.45, 7) is 5.97. The van der Waals surface area contributed by atoms with E-state index in [0.29, 0.717) is 13.1 Å². The van der Waals surface area contributed by atoms with Gasteiger partial charge < -0.3 is 9.64 Å². The topological polar surface area (TPSA) is 66.9 Å². The zero-order valence-corrected chi connectivity index (χ0v) is 17.5. The first-order valence-corrected chi connectivity index (χ1v) is 11.3. The first kappa shape index (κ1) is 21.9. The Bertz CT molecular complexity index is 703. The lowest BCUT2D eigenvalue weighted by Crippen LogP contribution is -2.48. The Balaban J connectivity index is 2.20. The van der Waals surface area contributed by atoms with Crippen molar-refractivity contribution in [1.82, 2.24) is 9.21 Å². The second kappa shape index (κ2) is 10.2. The van der Waals surface area contributed by atoms with E-state index >= 15 is 0 Å². The molecule has 1 aromatic carbocycles. The number of hydrogen-bond donors (Lipinski definition) is 0. The van der Waals surface area contributed by atoms with E-state index in [2.05, 4.69) is 11.8 Å². The molecule has 1 saturated heterocycles. The van der Waals surface area contributed by atoms with Gasteiger partial charge in [-0.2, -0.15) is 4.31 Å². The van der Waals surface area contributed by atoms with Crippen LogP contribution in [0.3, 0.4) is 0 Å². The van der Waals surface area contributed by atoms with Crippen LogP contribution in [0.15, 0.2) is 24.3 Å². The minimum Gasteiger partial charge on any atom is -0.468 e. The van der Waals surface area contributed by atoms with Gasteiger partial charge in [0.25, 0.3) is 0 Å². The third-order valence-corrected chi connectivity index (χ3v) is 6.86. The summed E-state index contributed by atoms with van der Waals surface area (Å²) >= 11 is 0. The summed E-state index contributed by atoms with van der Waals surface area (Å²) in [7, 11) is -2.23. The molecule has 1 heterocycles. The van der Waals surface area contributed by atoms with Crippen LogP contribution in [0.4, 0.5) is 0 Å². The lowest BCUT2D eigenvalue weighted by Gasteiger charge is -2.28. The number of carbonyl (C=O) groups is 1. The lowest BCUT2D eigenvalue weighted by atomic mass is 10.1. The molecule has 0 saturated carbocycles. The summed E-state index contributed by atoms with van der Waals surface area (Å²) < 4.78 is 32.1. The van der Waals surface area contributed by atoms with Crippen molar-refractivity contribution in [2.45, 2.75) is 52.1 Å². The number of sulfonamides is 1. The van der Waals surface area contributed by atoms with Gasteiger partial charge in [0.15, 0.2) is 0 Å². The molecule has 0 aromatic heterocycles. The van der Waals surface area contributed by atoms with Crippen molar-refractivity contribution in [2.24, 2.45) is 0 Å². The molecule has 1 atom stereocenters. The largest absolute Gasteiger partial charge is 0.468 e. The Kier molecular flexibility index (Phi) is 8.26. The highest BCUT2D eigenvalue weighted by Gasteiger charge is 2.39. The summed E-state index contributed by atoms with van der Waals surface area (Å²) in [6, 6.07) is 6.91. The van der Waals surface area contributed by atoms with Crippen molar-refractivity contribution in [3.8, 4) is 0 Å². The fraction of sp³-hybridized carbons (Fsp3) is 0.650. The molecule has 0 bridgehead atoms. The van der Waals surface area contributed by atoms with Crippen LogP contribution in [0.5, 0.6) is 0 Å². The van der Waals surface area contributed by atoms with Crippen LogP contribution >= 0.6 is 0 Å². The van der Waals surface area contributed by atoms with E-state index in [9.17, 15) is 13.2 Å². The Morgan fingerprint density at radius 1 is 1.19 bits per heavy atom. The fourth-order valence-electron chi connectivity index (χ4n) is 3.36. The second-order valence-electron chi connectivity index (χ2n) is 7.25. The van der Waals surface area contributed by atoms with Gasteiger partial charge in [0.05, 0.1) is 12.9 Å². The molecule has 1 aliphatic heterocycles. The lowest BCUT2D eigenvalue weighted by molar-refractivity contribution is -0.145. The number of aryl methyl sites for hydroxylation is 1. The molecule has 152 valence electrons. The quantitative estimate of drug-likeness (QED) is 0.499. The zero-order chi connectivity index (χ0) is 19.9. The van der Waals surface area contributed by atoms with E-state index in [0.717, 1.165) is 36.9 Å². The highest BCUT2D eigenvalue weighted by Crippen LogP contribution is 2.20. The molecule has 0 N–H and O–H groups in total. The number of esters is 1. The maximum Gasteiger partial charge on any atom is 0.325 e. The molecule has 1 unspecified atom stereocenters. The van der Waals surface area contributed by atoms with Gasteiger partial charge >= 0.3 is 5.97 Å². The molecule has 1 fully saturated rings. The van der Waals surface area contributed by atoms with Crippen molar-refractivity contribution in [3.05, 3.63) is 35.4 Å². The Morgan fingerprint density at radius 3 is 2.52 bits per heavy atom. The molecule has 27 heavy (non-hydrogen) atoms. The van der Waals surface area contributed by atoms with Crippen molar-refractivity contribution in [2.75, 3.05) is 32.5 Å². The third kappa shape index (κ3) is 6.30. The average Bonchev–Trinajstić information content (AvgIpc) is 2.77. The number of carbonyl (C=O) groups excluding carboxylic acids is 1. The van der Waals surface area contributed by atoms with Gasteiger partial charge in [-0.25, -0.2) is 8.42 Å². The van der Waals surface area contributed by atoms with Gasteiger partial charge in [-0.3, -0.25) is 4.79 Å². The number of methoxy groups -OCH3 is 1. The summed E-state index contributed by atoms with van der Waals surface area (Å²) in [5.74, 6) is -0.466. The van der Waals surface area contributed by atoms with Gasteiger partial charge in [0, 0.05) is 19.6 Å². The molecule has 1 aliphatic rings. The van der Waals surface area contributed by atoms with E-state index in [1.165, 1.54) is 17.8 Å². The van der Waals surface area contributed by atoms with Gasteiger partial charge in [0.2, 0.25) is 10.0 Å². The van der Waals surface area contributed by atoms with E-state index < -0.39 is 22.0 Å². The average molecular weight is 397 g/mol. The molecule has 6 nitrogen and oxygen atoms in total. The smallest absolute Gasteiger partial charge is 0.325 e. The Morgan fingerprint density at radius 2 is 1.89 bits per heavy atom. The normalized spacial score (nSPS) is 20.9. The number of hydrogen-bond acceptors (Lipinski definition) is 5. The minimum atomic E-state index is -3.55. The molecule has 0 amide bonds. The van der Waals surface area contributed by atoms with Gasteiger partial charge in [-0.05, 0) is 25.5 Å². The molecule has 0 spiro atoms. The summed E-state index contributed by atoms with van der Waals surface area (Å²) in [5.41, 5.74) is 1.98. The third-order valence-electron chi connectivity index (χ3n) is 5.06. The molecule has 2 rings (SSSR count). The summed E-state index contributed by atoms with van der Waals surface area (Å²) in [6.07, 6.45) is 4.46. The number of unbranched alkanes of at least 4 members (excludes halogenated alkanes) is 3. The second-order valence-corrected chi connectivity index (χ2v) is 9.29. The summed E-state index contributed by atoms with van der Waals surface area (Å²) in [4.78, 5) is 14.5. The zero-order valence-electron chi connectivity index (χ0n) is 16.7. The number of nitrogens with zero attached hydrogens (tertiary/aromatic N) is 2. The van der Waals surface area contributed by atoms with Crippen molar-refractivity contribution >= 4 is 16.0 Å². The van der Waals surface area contributed by atoms with E-state index in [1.54, 1.807) is 0 Å². The Labute approximate surface area is 163 Å². The minimum absolute atomic E-state index is 0.0279. The summed E-state index contributed by atoms with van der Waals surface area (Å²) in [5, 5.41) is 0. The van der Waals surface area contributed by atoms with Crippen LogP contribution < -0.4 is 0 Å². The van der Waals surface area contributed by atoms with E-state index in [1.807, 2.05) is 31.2 Å². The van der Waals surface area contributed by atoms with Crippen LogP contribution in [0, 0.1) is 6.92 Å². The standard InChI is InChI=1S/C20H32N2O4S/c1-4-5-6-7-12-21-13-14-27(24,25)22(19(16-21)20(23)26-3)15-18-10-8-17(2)9-11-18/h8-11,19H,4-7,12-16H2,1-3H3. The SMILES string of the molecule is CCCCCCN1CCS(=O)(=O)N(Cc2ccc(C)cc2)C(C(=O)OC)C1. The number of ether oxygens (including phenoxy) is 1. The first-order chi connectivity index (χ1) is 12.9. The molecular formula is C20H32N2O4S. The van der Waals surface area contributed by atoms with Gasteiger partial charge in [0.1, 0.15) is 6.04 Å². The molecule has 1 aromatic rings. The Hall–Kier alpha value is -1.44. The van der Waals surface area contributed by atoms with Gasteiger partial charge in [-0.15, -0.1) is 0 Å². The van der Waals surface area contributed by atoms with E-state index in [-0.39, 0.29) is 12.3 Å². The highest BCUT2D eigenvalue weighted by atomic mass is 32.2. The van der Waals surface area contributed by atoms with Crippen LogP contribution in [0.2, 0.25) is 0 Å². The molecule has 0 aliphatic carbocycles. The molecular weight excluding hydrogens is 364 g/mol. The predicted molar refractivity (Wildman–Crippen MR) is 107 cm³/mol. The van der Waals surface area contributed by atoms with Crippen LogP contribution in [-0.2, 0) is 26.1 Å². The van der Waals surface area contributed by atoms with Crippen molar-refractivity contribution in [3.63, 3.8) is 0 Å². The predicted octanol–water partition coefficient (Wildman–Crippen LogP) is 2.56. The maximum atomic E-state index is 12.9. The molecule has 7 heteroatoms. The van der Waals surface area contributed by atoms with Gasteiger partial charge in [-0.1, -0.05) is 56.0 Å². The van der Waals surface area contributed by atoms with Crippen LogP contribution in [0.25, 0.3) is 0 Å². The molecule has 0 radical (unpaired) electrons. The highest BCUT2D eigenvalue weighted by molar-refractivity contribution is 7.89. The first-order valence-electron chi connectivity index (χ1n) is 9.72. The van der Waals surface area contributed by atoms with Crippen molar-refractivity contribution < 1.29 is 17.9 Å².